The van der Waals surface area contributed by atoms with Gasteiger partial charge in [-0.05, 0) is 99.6 Å². The van der Waals surface area contributed by atoms with Crippen molar-refractivity contribution in [3.63, 3.8) is 0 Å². The number of hydrogen-bond acceptors (Lipinski definition) is 0. The molecule has 0 radical (unpaired) electrons. The van der Waals surface area contributed by atoms with Gasteiger partial charge in [0.2, 0.25) is 0 Å². The summed E-state index contributed by atoms with van der Waals surface area (Å²) in [6, 6.07) is 67.1. The molecule has 2 aromatic heterocycles. The van der Waals surface area contributed by atoms with Crippen LogP contribution in [0.3, 0.4) is 0 Å². The van der Waals surface area contributed by atoms with Crippen LogP contribution in [0.4, 0.5) is 0 Å². The highest BCUT2D eigenvalue weighted by molar-refractivity contribution is 6.15. The van der Waals surface area contributed by atoms with E-state index in [0.717, 1.165) is 0 Å². The number of rotatable bonds is 4. The lowest BCUT2D eigenvalue weighted by molar-refractivity contribution is 0.660. The van der Waals surface area contributed by atoms with Gasteiger partial charge in [-0.15, -0.1) is 0 Å². The standard InChI is InChI=1S/C51H36N2/c1-51(2)44-25-12-9-22-41(44)49-42(33-28-29-48-43(30-33)39-21-11-13-26-46(39)52(48)35-16-5-3-6-17-35)31-34(32-45(49)51)37-23-15-24-40-38-20-10-14-27-47(38)53(50(37)40)36-18-7-4-8-19-36/h3-32H,1-2H3. The Morgan fingerprint density at radius 1 is 0.358 bits per heavy atom. The smallest absolute Gasteiger partial charge is 0.0619 e. The van der Waals surface area contributed by atoms with Crippen molar-refractivity contribution in [3.8, 4) is 44.8 Å². The first-order valence-electron chi connectivity index (χ1n) is 18.5. The number of nitrogens with zero attached hydrogens (tertiary/aromatic N) is 2. The molecule has 53 heavy (non-hydrogen) atoms. The van der Waals surface area contributed by atoms with Crippen molar-refractivity contribution in [2.75, 3.05) is 0 Å². The molecule has 250 valence electrons. The molecule has 8 aromatic carbocycles. The summed E-state index contributed by atoms with van der Waals surface area (Å²) in [5.41, 5.74) is 17.5. The van der Waals surface area contributed by atoms with Gasteiger partial charge in [0.1, 0.15) is 0 Å². The molecule has 0 saturated heterocycles. The highest BCUT2D eigenvalue weighted by Gasteiger charge is 2.37. The first-order valence-corrected chi connectivity index (χ1v) is 18.5. The zero-order valence-electron chi connectivity index (χ0n) is 29.7. The van der Waals surface area contributed by atoms with Gasteiger partial charge in [0.15, 0.2) is 0 Å². The number of para-hydroxylation sites is 5. The maximum atomic E-state index is 2.49. The number of hydrogen-bond donors (Lipinski definition) is 0. The molecule has 0 bridgehead atoms. The summed E-state index contributed by atoms with van der Waals surface area (Å²) in [7, 11) is 0. The Morgan fingerprint density at radius 3 is 1.68 bits per heavy atom. The summed E-state index contributed by atoms with van der Waals surface area (Å²) < 4.78 is 4.86. The molecule has 10 aromatic rings. The second-order valence-corrected chi connectivity index (χ2v) is 14.9. The molecule has 1 aliphatic rings. The lowest BCUT2D eigenvalue weighted by Crippen LogP contribution is -2.15. The van der Waals surface area contributed by atoms with E-state index in [1.165, 1.54) is 99.5 Å². The first kappa shape index (κ1) is 30.0. The normalized spacial score (nSPS) is 13.2. The van der Waals surface area contributed by atoms with Crippen molar-refractivity contribution in [3.05, 3.63) is 193 Å². The molecule has 2 heteroatoms. The summed E-state index contributed by atoms with van der Waals surface area (Å²) in [5, 5.41) is 5.06. The first-order chi connectivity index (χ1) is 26.1. The molecular formula is C51H36N2. The third-order valence-corrected chi connectivity index (χ3v) is 11.7. The SMILES string of the molecule is CC1(C)c2ccccc2-c2c(-c3ccc4c(c3)c3ccccc3n4-c3ccccc3)cc(-c3cccc4c5ccccc5n(-c5ccccc5)c34)cc21. The molecule has 2 heterocycles. The largest absolute Gasteiger partial charge is 0.309 e. The number of fused-ring (bicyclic) bond motifs is 9. The molecule has 1 aliphatic carbocycles. The molecule has 0 spiro atoms. The van der Waals surface area contributed by atoms with Gasteiger partial charge in [-0.25, -0.2) is 0 Å². The minimum Gasteiger partial charge on any atom is -0.309 e. The maximum absolute atomic E-state index is 2.49. The van der Waals surface area contributed by atoms with E-state index in [1.54, 1.807) is 0 Å². The van der Waals surface area contributed by atoms with Crippen molar-refractivity contribution < 1.29 is 0 Å². The molecule has 2 nitrogen and oxygen atoms in total. The van der Waals surface area contributed by atoms with E-state index >= 15 is 0 Å². The van der Waals surface area contributed by atoms with E-state index in [2.05, 4.69) is 205 Å². The Hall–Kier alpha value is -6.64. The molecule has 0 saturated carbocycles. The van der Waals surface area contributed by atoms with Crippen molar-refractivity contribution >= 4 is 43.6 Å². The Bertz CT molecular complexity index is 3070. The third kappa shape index (κ3) is 4.27. The quantitative estimate of drug-likeness (QED) is 0.176. The summed E-state index contributed by atoms with van der Waals surface area (Å²) in [5.74, 6) is 0. The highest BCUT2D eigenvalue weighted by atomic mass is 15.0. The van der Waals surface area contributed by atoms with Crippen LogP contribution in [0.2, 0.25) is 0 Å². The van der Waals surface area contributed by atoms with Crippen LogP contribution in [0.15, 0.2) is 182 Å². The average molecular weight is 677 g/mol. The average Bonchev–Trinajstić information content (AvgIpc) is 3.81. The summed E-state index contributed by atoms with van der Waals surface area (Å²) in [6.07, 6.45) is 0. The Kier molecular flexibility index (Phi) is 6.33. The van der Waals surface area contributed by atoms with Crippen LogP contribution < -0.4 is 0 Å². The molecule has 0 amide bonds. The van der Waals surface area contributed by atoms with Gasteiger partial charge < -0.3 is 9.13 Å². The van der Waals surface area contributed by atoms with Gasteiger partial charge in [-0.3, -0.25) is 0 Å². The third-order valence-electron chi connectivity index (χ3n) is 11.7. The number of aromatic nitrogens is 2. The molecule has 0 atom stereocenters. The van der Waals surface area contributed by atoms with E-state index in [1.807, 2.05) is 0 Å². The van der Waals surface area contributed by atoms with Crippen molar-refractivity contribution in [2.45, 2.75) is 19.3 Å². The van der Waals surface area contributed by atoms with Gasteiger partial charge in [0.25, 0.3) is 0 Å². The Morgan fingerprint density at radius 2 is 0.925 bits per heavy atom. The minimum atomic E-state index is -0.163. The summed E-state index contributed by atoms with van der Waals surface area (Å²) in [4.78, 5) is 0. The van der Waals surface area contributed by atoms with Crippen molar-refractivity contribution in [2.24, 2.45) is 0 Å². The number of benzene rings is 8. The topological polar surface area (TPSA) is 9.86 Å². The summed E-state index contributed by atoms with van der Waals surface area (Å²) in [6.45, 7) is 4.78. The Balaban J connectivity index is 1.23. The van der Waals surface area contributed by atoms with Crippen LogP contribution >= 0.6 is 0 Å². The monoisotopic (exact) mass is 676 g/mol. The second-order valence-electron chi connectivity index (χ2n) is 14.9. The highest BCUT2D eigenvalue weighted by Crippen LogP contribution is 2.54. The fraction of sp³-hybridized carbons (Fsp3) is 0.0588. The van der Waals surface area contributed by atoms with Crippen LogP contribution in [0.5, 0.6) is 0 Å². The molecule has 11 rings (SSSR count). The minimum absolute atomic E-state index is 0.163. The van der Waals surface area contributed by atoms with Crippen LogP contribution in [-0.2, 0) is 5.41 Å². The van der Waals surface area contributed by atoms with Crippen molar-refractivity contribution in [1.29, 1.82) is 0 Å². The van der Waals surface area contributed by atoms with Gasteiger partial charge in [-0.1, -0.05) is 135 Å². The molecule has 0 unspecified atom stereocenters. The fourth-order valence-electron chi connectivity index (χ4n) is 9.29. The van der Waals surface area contributed by atoms with Gasteiger partial charge in [0.05, 0.1) is 22.1 Å². The van der Waals surface area contributed by atoms with E-state index in [0.29, 0.717) is 0 Å². The zero-order valence-corrected chi connectivity index (χ0v) is 29.7. The fourth-order valence-corrected chi connectivity index (χ4v) is 9.29. The lowest BCUT2D eigenvalue weighted by atomic mass is 9.80. The second kappa shape index (κ2) is 11.2. The van der Waals surface area contributed by atoms with Gasteiger partial charge in [-0.2, -0.15) is 0 Å². The van der Waals surface area contributed by atoms with Gasteiger partial charge >= 0.3 is 0 Å². The lowest BCUT2D eigenvalue weighted by Gasteiger charge is -2.23. The maximum Gasteiger partial charge on any atom is 0.0619 e. The van der Waals surface area contributed by atoms with Crippen LogP contribution in [0, 0.1) is 0 Å². The predicted molar refractivity (Wildman–Crippen MR) is 224 cm³/mol. The van der Waals surface area contributed by atoms with Crippen LogP contribution in [0.1, 0.15) is 25.0 Å². The van der Waals surface area contributed by atoms with Crippen LogP contribution in [0.25, 0.3) is 88.4 Å². The van der Waals surface area contributed by atoms with E-state index < -0.39 is 0 Å². The predicted octanol–water partition coefficient (Wildman–Crippen LogP) is 13.5. The molecule has 0 fully saturated rings. The zero-order chi connectivity index (χ0) is 35.3. The Labute approximate surface area is 308 Å². The molecule has 0 N–H and O–H groups in total. The van der Waals surface area contributed by atoms with E-state index in [-0.39, 0.29) is 5.41 Å². The van der Waals surface area contributed by atoms with E-state index in [4.69, 9.17) is 0 Å². The van der Waals surface area contributed by atoms with E-state index in [9.17, 15) is 0 Å². The molecule has 0 aliphatic heterocycles. The van der Waals surface area contributed by atoms with Gasteiger partial charge in [0, 0.05) is 43.9 Å². The van der Waals surface area contributed by atoms with Crippen LogP contribution in [-0.4, -0.2) is 9.13 Å². The summed E-state index contributed by atoms with van der Waals surface area (Å²) >= 11 is 0. The molecular weight excluding hydrogens is 641 g/mol. The van der Waals surface area contributed by atoms with Crippen molar-refractivity contribution in [1.82, 2.24) is 9.13 Å².